The third-order valence-corrected chi connectivity index (χ3v) is 3.67. The van der Waals surface area contributed by atoms with Gasteiger partial charge in [-0.2, -0.15) is 13.2 Å². The molecule has 2 aromatic rings. The van der Waals surface area contributed by atoms with E-state index >= 15 is 0 Å². The van der Waals surface area contributed by atoms with E-state index in [4.69, 9.17) is 11.6 Å². The number of rotatable bonds is 3. The second-order valence-corrected chi connectivity index (χ2v) is 5.86. The standard InChI is InChI=1S/C14H7BrClF3N2O3/c15-9-3-7(13(22)12(5-9)21(23)24)6-20-11-4-8(14(17,18)19)1-2-10(11)16/h1-6,22H. The number of benzene rings is 2. The molecule has 0 unspecified atom stereocenters. The van der Waals surface area contributed by atoms with Crippen LogP contribution in [0.1, 0.15) is 11.1 Å². The normalized spacial score (nSPS) is 11.9. The third kappa shape index (κ3) is 4.04. The fourth-order valence-corrected chi connectivity index (χ4v) is 2.40. The number of hydrogen-bond donors (Lipinski definition) is 1. The molecule has 0 saturated heterocycles. The van der Waals surface area contributed by atoms with Gasteiger partial charge in [-0.1, -0.05) is 27.5 Å². The maximum atomic E-state index is 12.7. The van der Waals surface area contributed by atoms with Gasteiger partial charge in [0.15, 0.2) is 0 Å². The van der Waals surface area contributed by atoms with Crippen molar-refractivity contribution in [3.63, 3.8) is 0 Å². The lowest BCUT2D eigenvalue weighted by Gasteiger charge is -2.08. The summed E-state index contributed by atoms with van der Waals surface area (Å²) in [5.41, 5.74) is -1.75. The van der Waals surface area contributed by atoms with Crippen LogP contribution in [0.5, 0.6) is 5.75 Å². The minimum Gasteiger partial charge on any atom is -0.502 e. The number of nitro groups is 1. The predicted molar refractivity (Wildman–Crippen MR) is 86.2 cm³/mol. The molecule has 10 heteroatoms. The molecule has 126 valence electrons. The highest BCUT2D eigenvalue weighted by molar-refractivity contribution is 9.10. The lowest BCUT2D eigenvalue weighted by atomic mass is 10.1. The number of hydrogen-bond acceptors (Lipinski definition) is 4. The van der Waals surface area contributed by atoms with Crippen molar-refractivity contribution >= 4 is 45.1 Å². The summed E-state index contributed by atoms with van der Waals surface area (Å²) in [7, 11) is 0. The first kappa shape index (κ1) is 18.2. The molecule has 0 radical (unpaired) electrons. The molecule has 0 bridgehead atoms. The van der Waals surface area contributed by atoms with E-state index in [0.717, 1.165) is 30.5 Å². The van der Waals surface area contributed by atoms with Crippen LogP contribution in [0.25, 0.3) is 0 Å². The van der Waals surface area contributed by atoms with Crippen molar-refractivity contribution < 1.29 is 23.2 Å². The molecule has 2 rings (SSSR count). The SMILES string of the molecule is O=[N+]([O-])c1cc(Br)cc(C=Nc2cc(C(F)(F)F)ccc2Cl)c1O. The Labute approximate surface area is 146 Å². The first-order chi connectivity index (χ1) is 11.1. The number of aliphatic imine (C=N–C) groups is 1. The van der Waals surface area contributed by atoms with Crippen LogP contribution in [0.2, 0.25) is 5.02 Å². The molecule has 1 N–H and O–H groups in total. The fraction of sp³-hybridized carbons (Fsp3) is 0.0714. The second-order valence-electron chi connectivity index (χ2n) is 4.54. The minimum absolute atomic E-state index is 0.0387. The van der Waals surface area contributed by atoms with E-state index < -0.39 is 28.1 Å². The van der Waals surface area contributed by atoms with Gasteiger partial charge in [-0.15, -0.1) is 0 Å². The summed E-state index contributed by atoms with van der Waals surface area (Å²) < 4.78 is 38.4. The zero-order chi connectivity index (χ0) is 18.1. The largest absolute Gasteiger partial charge is 0.502 e. The van der Waals surface area contributed by atoms with E-state index in [2.05, 4.69) is 20.9 Å². The number of halogens is 5. The number of nitro benzene ring substituents is 1. The van der Waals surface area contributed by atoms with Gasteiger partial charge in [-0.25, -0.2) is 0 Å². The van der Waals surface area contributed by atoms with Crippen LogP contribution in [0, 0.1) is 10.1 Å². The molecular formula is C14H7BrClF3N2O3. The number of phenols is 1. The molecule has 0 spiro atoms. The average Bonchev–Trinajstić information content (AvgIpc) is 2.47. The van der Waals surface area contributed by atoms with E-state index in [-0.39, 0.29) is 16.3 Å². The highest BCUT2D eigenvalue weighted by Gasteiger charge is 2.30. The molecule has 24 heavy (non-hydrogen) atoms. The molecule has 0 aliphatic carbocycles. The molecule has 0 heterocycles. The van der Waals surface area contributed by atoms with Crippen LogP contribution >= 0.6 is 27.5 Å². The first-order valence-corrected chi connectivity index (χ1v) is 7.34. The van der Waals surface area contributed by atoms with Crippen molar-refractivity contribution in [1.82, 2.24) is 0 Å². The van der Waals surface area contributed by atoms with Crippen LogP contribution in [-0.2, 0) is 6.18 Å². The van der Waals surface area contributed by atoms with Gasteiger partial charge in [0.05, 0.1) is 21.2 Å². The highest BCUT2D eigenvalue weighted by atomic mass is 79.9. The molecule has 0 aliphatic rings. The van der Waals surface area contributed by atoms with Crippen molar-refractivity contribution in [2.45, 2.75) is 6.18 Å². The average molecular weight is 424 g/mol. The van der Waals surface area contributed by atoms with Crippen molar-refractivity contribution in [2.24, 2.45) is 4.99 Å². The van der Waals surface area contributed by atoms with Crippen LogP contribution < -0.4 is 0 Å². The maximum absolute atomic E-state index is 12.7. The zero-order valence-electron chi connectivity index (χ0n) is 11.5. The van der Waals surface area contributed by atoms with Gasteiger partial charge in [0, 0.05) is 22.3 Å². The predicted octanol–water partition coefficient (Wildman–Crippen LogP) is 5.49. The molecule has 2 aromatic carbocycles. The lowest BCUT2D eigenvalue weighted by Crippen LogP contribution is -2.04. The Morgan fingerprint density at radius 1 is 1.29 bits per heavy atom. The molecule has 5 nitrogen and oxygen atoms in total. The Hall–Kier alpha value is -2.13. The molecule has 0 saturated carbocycles. The minimum atomic E-state index is -4.56. The van der Waals surface area contributed by atoms with E-state index in [9.17, 15) is 28.4 Å². The van der Waals surface area contributed by atoms with E-state index in [1.807, 2.05) is 0 Å². The highest BCUT2D eigenvalue weighted by Crippen LogP contribution is 2.36. The first-order valence-electron chi connectivity index (χ1n) is 6.17. The Morgan fingerprint density at radius 2 is 1.96 bits per heavy atom. The van der Waals surface area contributed by atoms with Crippen LogP contribution in [0.3, 0.4) is 0 Å². The Balaban J connectivity index is 2.47. The summed E-state index contributed by atoms with van der Waals surface area (Å²) in [5, 5.41) is 20.7. The molecule has 0 aromatic heterocycles. The number of nitrogens with zero attached hydrogens (tertiary/aromatic N) is 2. The second kappa shape index (κ2) is 6.78. The topological polar surface area (TPSA) is 75.7 Å². The summed E-state index contributed by atoms with van der Waals surface area (Å²) in [6.45, 7) is 0. The van der Waals surface area contributed by atoms with Gasteiger partial charge in [0.2, 0.25) is 5.75 Å². The van der Waals surface area contributed by atoms with Gasteiger partial charge >= 0.3 is 11.9 Å². The van der Waals surface area contributed by atoms with Crippen molar-refractivity contribution in [1.29, 1.82) is 0 Å². The smallest absolute Gasteiger partial charge is 0.416 e. The number of aromatic hydroxyl groups is 1. The summed E-state index contributed by atoms with van der Waals surface area (Å²) in [6, 6.07) is 5.00. The Bertz CT molecular complexity index is 841. The monoisotopic (exact) mass is 422 g/mol. The van der Waals surface area contributed by atoms with Gasteiger partial charge in [-0.05, 0) is 24.3 Å². The van der Waals surface area contributed by atoms with Gasteiger partial charge in [0.25, 0.3) is 0 Å². The van der Waals surface area contributed by atoms with Crippen molar-refractivity contribution in [3.8, 4) is 5.75 Å². The Morgan fingerprint density at radius 3 is 2.54 bits per heavy atom. The van der Waals surface area contributed by atoms with Gasteiger partial charge in [0.1, 0.15) is 0 Å². The third-order valence-electron chi connectivity index (χ3n) is 2.90. The maximum Gasteiger partial charge on any atom is 0.416 e. The zero-order valence-corrected chi connectivity index (χ0v) is 13.9. The summed E-state index contributed by atoms with van der Waals surface area (Å²) in [5.74, 6) is -0.657. The van der Waals surface area contributed by atoms with E-state index in [0.29, 0.717) is 4.47 Å². The van der Waals surface area contributed by atoms with E-state index in [1.54, 1.807) is 0 Å². The van der Waals surface area contributed by atoms with Crippen molar-refractivity contribution in [2.75, 3.05) is 0 Å². The summed E-state index contributed by atoms with van der Waals surface area (Å²) >= 11 is 8.85. The van der Waals surface area contributed by atoms with Crippen LogP contribution in [0.4, 0.5) is 24.5 Å². The van der Waals surface area contributed by atoms with Crippen molar-refractivity contribution in [3.05, 3.63) is 61.1 Å². The molecule has 0 fully saturated rings. The number of alkyl halides is 3. The summed E-state index contributed by atoms with van der Waals surface area (Å²) in [6.07, 6.45) is -3.57. The summed E-state index contributed by atoms with van der Waals surface area (Å²) in [4.78, 5) is 13.8. The quantitative estimate of drug-likeness (QED) is 0.403. The molecule has 0 amide bonds. The Kier molecular flexibility index (Phi) is 5.14. The van der Waals surface area contributed by atoms with Crippen LogP contribution in [0.15, 0.2) is 39.8 Å². The van der Waals surface area contributed by atoms with Gasteiger partial charge < -0.3 is 5.11 Å². The molecular weight excluding hydrogens is 417 g/mol. The van der Waals surface area contributed by atoms with E-state index in [1.165, 1.54) is 6.07 Å². The molecule has 0 aliphatic heterocycles. The lowest BCUT2D eigenvalue weighted by molar-refractivity contribution is -0.385. The van der Waals surface area contributed by atoms with Gasteiger partial charge in [-0.3, -0.25) is 15.1 Å². The molecule has 0 atom stereocenters. The fourth-order valence-electron chi connectivity index (χ4n) is 1.77. The van der Waals surface area contributed by atoms with Crippen LogP contribution in [-0.4, -0.2) is 16.2 Å². The number of phenolic OH excluding ortho intramolecular Hbond substituents is 1.